The molecule has 0 radical (unpaired) electrons. The van der Waals surface area contributed by atoms with Crippen LogP contribution in [-0.4, -0.2) is 34.3 Å². The standard InChI is InChI=1S/C14H22N2O2/c1-10(2)11-7-8-12(16(4,5)6)13(9-11)18-14(17)15-3/h7-10H,1-6H3/p+1. The fraction of sp³-hybridized carbons (Fsp3) is 0.500. The number of hydrogen-bond donors (Lipinski definition) is 1. The first-order valence-electron chi connectivity index (χ1n) is 6.11. The predicted molar refractivity (Wildman–Crippen MR) is 75.2 cm³/mol. The van der Waals surface area contributed by atoms with Crippen LogP contribution in [0.4, 0.5) is 10.5 Å². The lowest BCUT2D eigenvalue weighted by Gasteiger charge is -2.26. The van der Waals surface area contributed by atoms with Gasteiger partial charge in [0.1, 0.15) is 0 Å². The van der Waals surface area contributed by atoms with E-state index >= 15 is 0 Å². The summed E-state index contributed by atoms with van der Waals surface area (Å²) in [5.41, 5.74) is 2.13. The minimum absolute atomic E-state index is 0.401. The van der Waals surface area contributed by atoms with Crippen molar-refractivity contribution in [3.05, 3.63) is 23.8 Å². The zero-order valence-electron chi connectivity index (χ0n) is 12.1. The second-order valence-corrected chi connectivity index (χ2v) is 5.53. The van der Waals surface area contributed by atoms with E-state index in [2.05, 4.69) is 25.2 Å². The summed E-state index contributed by atoms with van der Waals surface area (Å²) in [6, 6.07) is 6.05. The maximum absolute atomic E-state index is 11.4. The summed E-state index contributed by atoms with van der Waals surface area (Å²) in [4.78, 5) is 11.4. The van der Waals surface area contributed by atoms with E-state index in [1.807, 2.05) is 33.3 Å². The van der Waals surface area contributed by atoms with Crippen LogP contribution in [0.1, 0.15) is 25.3 Å². The third-order valence-corrected chi connectivity index (χ3v) is 2.78. The van der Waals surface area contributed by atoms with Crippen molar-refractivity contribution in [3.8, 4) is 5.75 Å². The molecule has 0 aliphatic carbocycles. The Hall–Kier alpha value is -1.55. The Morgan fingerprint density at radius 2 is 1.89 bits per heavy atom. The van der Waals surface area contributed by atoms with Crippen molar-refractivity contribution in [1.82, 2.24) is 9.80 Å². The topological polar surface area (TPSA) is 38.3 Å². The lowest BCUT2D eigenvalue weighted by molar-refractivity contribution is 0.202. The molecule has 1 rings (SSSR count). The number of nitrogens with one attached hydrogen (secondary N) is 1. The van der Waals surface area contributed by atoms with Gasteiger partial charge in [0, 0.05) is 13.1 Å². The van der Waals surface area contributed by atoms with Gasteiger partial charge in [-0.2, -0.15) is 0 Å². The summed E-state index contributed by atoms with van der Waals surface area (Å²) in [6.07, 6.45) is -0.439. The minimum Gasteiger partial charge on any atom is -0.404 e. The molecule has 1 aromatic carbocycles. The normalized spacial score (nSPS) is 11.5. The van der Waals surface area contributed by atoms with Gasteiger partial charge in [0.2, 0.25) is 0 Å². The first-order chi connectivity index (χ1) is 8.25. The van der Waals surface area contributed by atoms with Crippen molar-refractivity contribution >= 4 is 11.8 Å². The van der Waals surface area contributed by atoms with Gasteiger partial charge in [-0.05, 0) is 17.5 Å². The van der Waals surface area contributed by atoms with Gasteiger partial charge in [0.15, 0.2) is 11.4 Å². The second kappa shape index (κ2) is 5.40. The first kappa shape index (κ1) is 14.5. The van der Waals surface area contributed by atoms with E-state index in [0.29, 0.717) is 16.2 Å². The van der Waals surface area contributed by atoms with Gasteiger partial charge in [0.05, 0.1) is 21.1 Å². The number of carbonyl (C=O) groups excluding carboxylic acids is 1. The molecule has 4 nitrogen and oxygen atoms in total. The van der Waals surface area contributed by atoms with Crippen molar-refractivity contribution in [3.63, 3.8) is 0 Å². The predicted octanol–water partition coefficient (Wildman–Crippen LogP) is 2.72. The van der Waals surface area contributed by atoms with Crippen LogP contribution >= 0.6 is 0 Å². The summed E-state index contributed by atoms with van der Waals surface area (Å²) in [6.45, 7) is 4.23. The lowest BCUT2D eigenvalue weighted by atomic mass is 10.0. The number of benzene rings is 1. The van der Waals surface area contributed by atoms with Gasteiger partial charge in [0.25, 0.3) is 0 Å². The highest BCUT2D eigenvalue weighted by Crippen LogP contribution is 2.33. The minimum atomic E-state index is -0.439. The Balaban J connectivity index is 3.22. The molecule has 0 saturated carbocycles. The number of hydrogen-bond acceptors (Lipinski definition) is 2. The van der Waals surface area contributed by atoms with Gasteiger partial charge >= 0.3 is 6.09 Å². The van der Waals surface area contributed by atoms with Crippen LogP contribution < -0.4 is 14.5 Å². The molecule has 0 saturated heterocycles. The highest BCUT2D eigenvalue weighted by atomic mass is 16.6. The Labute approximate surface area is 109 Å². The van der Waals surface area contributed by atoms with Gasteiger partial charge in [-0.3, -0.25) is 4.48 Å². The van der Waals surface area contributed by atoms with Crippen LogP contribution in [0.15, 0.2) is 18.2 Å². The molecular weight excluding hydrogens is 228 g/mol. The van der Waals surface area contributed by atoms with E-state index in [1.54, 1.807) is 7.05 Å². The molecule has 0 atom stereocenters. The van der Waals surface area contributed by atoms with Crippen molar-refractivity contribution in [2.45, 2.75) is 19.8 Å². The van der Waals surface area contributed by atoms with E-state index in [9.17, 15) is 4.79 Å². The molecule has 1 aromatic rings. The van der Waals surface area contributed by atoms with Crippen LogP contribution in [-0.2, 0) is 0 Å². The maximum atomic E-state index is 11.4. The van der Waals surface area contributed by atoms with Crippen LogP contribution in [0.3, 0.4) is 0 Å². The van der Waals surface area contributed by atoms with Crippen molar-refractivity contribution in [1.29, 1.82) is 0 Å². The van der Waals surface area contributed by atoms with E-state index in [4.69, 9.17) is 4.74 Å². The van der Waals surface area contributed by atoms with Crippen molar-refractivity contribution in [2.24, 2.45) is 0 Å². The van der Waals surface area contributed by atoms with Gasteiger partial charge in [-0.25, -0.2) is 4.79 Å². The Kier molecular flexibility index (Phi) is 4.35. The average Bonchev–Trinajstić information content (AvgIpc) is 2.27. The quantitative estimate of drug-likeness (QED) is 0.839. The summed E-state index contributed by atoms with van der Waals surface area (Å²) in [5, 5.41) is 2.47. The van der Waals surface area contributed by atoms with Crippen LogP contribution in [0.25, 0.3) is 0 Å². The van der Waals surface area contributed by atoms with E-state index in [1.165, 1.54) is 0 Å². The fourth-order valence-corrected chi connectivity index (χ4v) is 1.68. The number of carbonyl (C=O) groups is 1. The molecule has 0 aliphatic heterocycles. The summed E-state index contributed by atoms with van der Waals surface area (Å²) < 4.78 is 5.95. The average molecular weight is 251 g/mol. The number of ether oxygens (including phenoxy) is 1. The van der Waals surface area contributed by atoms with E-state index in [-0.39, 0.29) is 0 Å². The highest BCUT2D eigenvalue weighted by molar-refractivity contribution is 5.73. The summed E-state index contributed by atoms with van der Waals surface area (Å²) in [7, 11) is 7.68. The number of amides is 1. The zero-order chi connectivity index (χ0) is 13.9. The zero-order valence-corrected chi connectivity index (χ0v) is 12.1. The largest absolute Gasteiger partial charge is 0.412 e. The SMILES string of the molecule is CNC(=O)Oc1cc(C(C)C)ccc1[N+](C)(C)C. The number of nitrogens with zero attached hydrogens (tertiary/aromatic N) is 1. The van der Waals surface area contributed by atoms with Gasteiger partial charge in [-0.15, -0.1) is 0 Å². The number of rotatable bonds is 3. The molecule has 18 heavy (non-hydrogen) atoms. The molecule has 0 heterocycles. The second-order valence-electron chi connectivity index (χ2n) is 5.53. The molecule has 0 fully saturated rings. The Bertz CT molecular complexity index is 434. The molecule has 0 unspecified atom stereocenters. The molecular formula is C14H23N2O2+. The van der Waals surface area contributed by atoms with E-state index < -0.39 is 6.09 Å². The van der Waals surface area contributed by atoms with Crippen LogP contribution in [0.2, 0.25) is 0 Å². The summed E-state index contributed by atoms with van der Waals surface area (Å²) >= 11 is 0. The molecule has 4 heteroatoms. The van der Waals surface area contributed by atoms with Gasteiger partial charge in [-0.1, -0.05) is 19.9 Å². The number of quaternary nitrogens is 1. The summed E-state index contributed by atoms with van der Waals surface area (Å²) in [5.74, 6) is 1.02. The lowest BCUT2D eigenvalue weighted by Crippen LogP contribution is -2.36. The van der Waals surface area contributed by atoms with Crippen LogP contribution in [0, 0.1) is 0 Å². The molecule has 0 spiro atoms. The molecule has 0 aliphatic rings. The monoisotopic (exact) mass is 251 g/mol. The third kappa shape index (κ3) is 3.47. The van der Waals surface area contributed by atoms with E-state index in [0.717, 1.165) is 11.3 Å². The van der Waals surface area contributed by atoms with Crippen molar-refractivity contribution < 1.29 is 9.53 Å². The smallest absolute Gasteiger partial charge is 0.404 e. The van der Waals surface area contributed by atoms with Crippen LogP contribution in [0.5, 0.6) is 5.75 Å². The molecule has 0 bridgehead atoms. The Morgan fingerprint density at radius 1 is 1.28 bits per heavy atom. The molecule has 1 N–H and O–H groups in total. The highest BCUT2D eigenvalue weighted by Gasteiger charge is 2.21. The van der Waals surface area contributed by atoms with Gasteiger partial charge < -0.3 is 10.1 Å². The Morgan fingerprint density at radius 3 is 2.33 bits per heavy atom. The molecule has 100 valence electrons. The first-order valence-corrected chi connectivity index (χ1v) is 6.11. The third-order valence-electron chi connectivity index (χ3n) is 2.78. The van der Waals surface area contributed by atoms with Crippen molar-refractivity contribution in [2.75, 3.05) is 28.2 Å². The molecule has 1 amide bonds. The maximum Gasteiger partial charge on any atom is 0.412 e. The fourth-order valence-electron chi connectivity index (χ4n) is 1.68. The molecule has 0 aromatic heterocycles.